The van der Waals surface area contributed by atoms with Crippen LogP contribution in [0.1, 0.15) is 30.1 Å². The zero-order valence-corrected chi connectivity index (χ0v) is 12.1. The lowest BCUT2D eigenvalue weighted by molar-refractivity contribution is 0.0888. The number of nitrogens with one attached hydrogen (secondary N) is 1. The summed E-state index contributed by atoms with van der Waals surface area (Å²) in [6.07, 6.45) is 2.07. The van der Waals surface area contributed by atoms with Crippen LogP contribution in [-0.4, -0.2) is 37.5 Å². The van der Waals surface area contributed by atoms with Crippen molar-refractivity contribution in [3.63, 3.8) is 0 Å². The molecule has 5 heteroatoms. The van der Waals surface area contributed by atoms with Crippen molar-refractivity contribution in [3.8, 4) is 0 Å². The van der Waals surface area contributed by atoms with Crippen LogP contribution in [0.2, 0.25) is 0 Å². The third-order valence-electron chi connectivity index (χ3n) is 4.11. The zero-order valence-electron chi connectivity index (χ0n) is 12.1. The van der Waals surface area contributed by atoms with Crippen molar-refractivity contribution in [2.75, 3.05) is 32.4 Å². The highest BCUT2D eigenvalue weighted by Crippen LogP contribution is 2.29. The fraction of sp³-hybridized carbons (Fsp3) is 0.533. The van der Waals surface area contributed by atoms with Crippen LogP contribution in [-0.2, 0) is 0 Å². The lowest BCUT2D eigenvalue weighted by Crippen LogP contribution is -2.43. The standard InChI is InChI=1S/C15H22FN3O/c1-15(5-7-19(2)8-6-15)10-18-14(20)12-4-3-11(17)9-13(12)16/h3-4,9H,5-8,10,17H2,1-2H3,(H,18,20). The van der Waals surface area contributed by atoms with Crippen molar-refractivity contribution in [1.29, 1.82) is 0 Å². The molecule has 110 valence electrons. The molecular formula is C15H22FN3O. The van der Waals surface area contributed by atoms with Crippen molar-refractivity contribution < 1.29 is 9.18 Å². The van der Waals surface area contributed by atoms with E-state index in [1.54, 1.807) is 0 Å². The molecule has 4 nitrogen and oxygen atoms in total. The molecule has 0 radical (unpaired) electrons. The summed E-state index contributed by atoms with van der Waals surface area (Å²) >= 11 is 0. The van der Waals surface area contributed by atoms with Gasteiger partial charge in [0.25, 0.3) is 5.91 Å². The first-order valence-electron chi connectivity index (χ1n) is 6.91. The van der Waals surface area contributed by atoms with Gasteiger partial charge in [0.15, 0.2) is 0 Å². The van der Waals surface area contributed by atoms with Crippen LogP contribution in [0.25, 0.3) is 0 Å². The van der Waals surface area contributed by atoms with Gasteiger partial charge in [0.1, 0.15) is 5.82 Å². The highest BCUT2D eigenvalue weighted by molar-refractivity contribution is 5.94. The number of hydrogen-bond acceptors (Lipinski definition) is 3. The Morgan fingerprint density at radius 3 is 2.70 bits per heavy atom. The Bertz CT molecular complexity index is 496. The second kappa shape index (κ2) is 5.79. The fourth-order valence-corrected chi connectivity index (χ4v) is 2.44. The molecule has 1 saturated heterocycles. The van der Waals surface area contributed by atoms with E-state index < -0.39 is 5.82 Å². The summed E-state index contributed by atoms with van der Waals surface area (Å²) in [4.78, 5) is 14.3. The minimum Gasteiger partial charge on any atom is -0.399 e. The van der Waals surface area contributed by atoms with Gasteiger partial charge in [-0.2, -0.15) is 0 Å². The molecule has 0 aromatic heterocycles. The second-order valence-electron chi connectivity index (χ2n) is 6.04. The summed E-state index contributed by atoms with van der Waals surface area (Å²) < 4.78 is 13.7. The summed E-state index contributed by atoms with van der Waals surface area (Å²) in [5.74, 6) is -0.946. The summed E-state index contributed by atoms with van der Waals surface area (Å²) in [6.45, 7) is 4.80. The van der Waals surface area contributed by atoms with Gasteiger partial charge >= 0.3 is 0 Å². The van der Waals surface area contributed by atoms with E-state index in [0.29, 0.717) is 12.2 Å². The number of anilines is 1. The van der Waals surface area contributed by atoms with Gasteiger partial charge in [-0.1, -0.05) is 6.92 Å². The maximum atomic E-state index is 13.7. The normalized spacial score (nSPS) is 18.8. The topological polar surface area (TPSA) is 58.4 Å². The van der Waals surface area contributed by atoms with E-state index in [4.69, 9.17) is 5.73 Å². The van der Waals surface area contributed by atoms with Gasteiger partial charge in [-0.3, -0.25) is 4.79 Å². The molecule has 0 saturated carbocycles. The molecule has 1 aromatic rings. The number of nitrogens with zero attached hydrogens (tertiary/aromatic N) is 1. The molecule has 0 atom stereocenters. The number of benzene rings is 1. The van der Waals surface area contributed by atoms with E-state index in [2.05, 4.69) is 24.2 Å². The number of halogens is 1. The minimum absolute atomic E-state index is 0.0516. The maximum absolute atomic E-state index is 13.7. The van der Waals surface area contributed by atoms with Gasteiger partial charge in [0.05, 0.1) is 5.56 Å². The van der Waals surface area contributed by atoms with Crippen molar-refractivity contribution in [1.82, 2.24) is 10.2 Å². The number of carbonyl (C=O) groups is 1. The predicted molar refractivity (Wildman–Crippen MR) is 78.0 cm³/mol. The number of likely N-dealkylation sites (tertiary alicyclic amines) is 1. The lowest BCUT2D eigenvalue weighted by Gasteiger charge is -2.37. The molecule has 20 heavy (non-hydrogen) atoms. The lowest BCUT2D eigenvalue weighted by atomic mass is 9.80. The van der Waals surface area contributed by atoms with E-state index >= 15 is 0 Å². The largest absolute Gasteiger partial charge is 0.399 e. The molecule has 0 aliphatic carbocycles. The van der Waals surface area contributed by atoms with Crippen LogP contribution < -0.4 is 11.1 Å². The summed E-state index contributed by atoms with van der Waals surface area (Å²) in [5.41, 5.74) is 5.94. The number of rotatable bonds is 3. The van der Waals surface area contributed by atoms with E-state index in [1.165, 1.54) is 18.2 Å². The first-order valence-corrected chi connectivity index (χ1v) is 6.91. The molecule has 0 bridgehead atoms. The van der Waals surface area contributed by atoms with Crippen LogP contribution >= 0.6 is 0 Å². The Kier molecular flexibility index (Phi) is 4.28. The van der Waals surface area contributed by atoms with Crippen LogP contribution in [0.5, 0.6) is 0 Å². The van der Waals surface area contributed by atoms with Crippen molar-refractivity contribution in [3.05, 3.63) is 29.6 Å². The highest BCUT2D eigenvalue weighted by Gasteiger charge is 2.29. The number of piperidine rings is 1. The third kappa shape index (κ3) is 3.48. The first-order chi connectivity index (χ1) is 9.39. The average Bonchev–Trinajstić information content (AvgIpc) is 2.40. The molecule has 3 N–H and O–H groups in total. The Balaban J connectivity index is 1.95. The summed E-state index contributed by atoms with van der Waals surface area (Å²) in [6, 6.07) is 4.14. The summed E-state index contributed by atoms with van der Waals surface area (Å²) in [7, 11) is 2.10. The molecule has 1 aliphatic heterocycles. The molecular weight excluding hydrogens is 257 g/mol. The predicted octanol–water partition coefficient (Wildman–Crippen LogP) is 1.87. The van der Waals surface area contributed by atoms with Crippen LogP contribution in [0, 0.1) is 11.2 Å². The van der Waals surface area contributed by atoms with Gasteiger partial charge in [0.2, 0.25) is 0 Å². The first kappa shape index (κ1) is 14.8. The molecule has 1 aliphatic rings. The van der Waals surface area contributed by atoms with E-state index in [0.717, 1.165) is 25.9 Å². The number of nitrogen functional groups attached to an aromatic ring is 1. The number of nitrogens with two attached hydrogens (primary N) is 1. The van der Waals surface area contributed by atoms with Crippen LogP contribution in [0.3, 0.4) is 0 Å². The Morgan fingerprint density at radius 1 is 1.45 bits per heavy atom. The van der Waals surface area contributed by atoms with Crippen LogP contribution in [0.15, 0.2) is 18.2 Å². The van der Waals surface area contributed by atoms with E-state index in [1.807, 2.05) is 0 Å². The van der Waals surface area contributed by atoms with Gasteiger partial charge in [-0.05, 0) is 56.6 Å². The van der Waals surface area contributed by atoms with Crippen molar-refractivity contribution >= 4 is 11.6 Å². The Labute approximate surface area is 119 Å². The molecule has 0 spiro atoms. The third-order valence-corrected chi connectivity index (χ3v) is 4.11. The van der Waals surface area contributed by atoms with E-state index in [-0.39, 0.29) is 16.9 Å². The molecule has 2 rings (SSSR count). The molecule has 1 heterocycles. The quantitative estimate of drug-likeness (QED) is 0.830. The van der Waals surface area contributed by atoms with Gasteiger partial charge in [0, 0.05) is 12.2 Å². The Morgan fingerprint density at radius 2 is 2.10 bits per heavy atom. The maximum Gasteiger partial charge on any atom is 0.254 e. The molecule has 1 aromatic carbocycles. The van der Waals surface area contributed by atoms with Crippen molar-refractivity contribution in [2.24, 2.45) is 5.41 Å². The SMILES string of the molecule is CN1CCC(C)(CNC(=O)c2ccc(N)cc2F)CC1. The second-order valence-corrected chi connectivity index (χ2v) is 6.04. The zero-order chi connectivity index (χ0) is 14.8. The van der Waals surface area contributed by atoms with Crippen molar-refractivity contribution in [2.45, 2.75) is 19.8 Å². The fourth-order valence-electron chi connectivity index (χ4n) is 2.44. The van der Waals surface area contributed by atoms with Gasteiger partial charge < -0.3 is 16.0 Å². The van der Waals surface area contributed by atoms with Gasteiger partial charge in [-0.25, -0.2) is 4.39 Å². The molecule has 1 fully saturated rings. The van der Waals surface area contributed by atoms with E-state index in [9.17, 15) is 9.18 Å². The summed E-state index contributed by atoms with van der Waals surface area (Å²) in [5, 5.41) is 2.85. The number of amides is 1. The Hall–Kier alpha value is -1.62. The monoisotopic (exact) mass is 279 g/mol. The van der Waals surface area contributed by atoms with Crippen LogP contribution in [0.4, 0.5) is 10.1 Å². The number of carbonyl (C=O) groups excluding carboxylic acids is 1. The smallest absolute Gasteiger partial charge is 0.254 e. The molecule has 0 unspecified atom stereocenters. The number of hydrogen-bond donors (Lipinski definition) is 2. The molecule has 1 amide bonds. The minimum atomic E-state index is -0.573. The van der Waals surface area contributed by atoms with Gasteiger partial charge in [-0.15, -0.1) is 0 Å². The highest BCUT2D eigenvalue weighted by atomic mass is 19.1. The average molecular weight is 279 g/mol.